The van der Waals surface area contributed by atoms with E-state index in [2.05, 4.69) is 29.4 Å². The van der Waals surface area contributed by atoms with Gasteiger partial charge >= 0.3 is 5.97 Å². The molecule has 4 N–H and O–H groups in total. The number of rotatable bonds is 11. The van der Waals surface area contributed by atoms with Crippen molar-refractivity contribution in [3.05, 3.63) is 12.3 Å². The highest BCUT2D eigenvalue weighted by Gasteiger charge is 2.43. The molecule has 0 aromatic heterocycles. The monoisotopic (exact) mass is 436 g/mol. The van der Waals surface area contributed by atoms with E-state index in [0.29, 0.717) is 24.9 Å². The summed E-state index contributed by atoms with van der Waals surface area (Å²) in [4.78, 5) is 13.5. The van der Waals surface area contributed by atoms with Crippen LogP contribution >= 0.6 is 0 Å². The standard InChI is InChI=1S/C25H44N2O4/c1-3-26-17-25(31,16-24(29)30)13-6-4-5-7-19-8-9-21-20(15-19)12-14-27-18(2)23(28)11-10-22(21)27/h12,14,18-23,26,28,31H,3-11,13,15-17H2,1-2H3,(H,29,30). The summed E-state index contributed by atoms with van der Waals surface area (Å²) < 4.78 is 0. The van der Waals surface area contributed by atoms with Gasteiger partial charge in [0.25, 0.3) is 0 Å². The normalized spacial score (nSPS) is 34.6. The predicted molar refractivity (Wildman–Crippen MR) is 123 cm³/mol. The maximum Gasteiger partial charge on any atom is 0.306 e. The van der Waals surface area contributed by atoms with Gasteiger partial charge in [-0.15, -0.1) is 0 Å². The number of fused-ring (bicyclic) bond motifs is 3. The third-order valence-corrected chi connectivity index (χ3v) is 8.17. The van der Waals surface area contributed by atoms with Crippen LogP contribution in [-0.4, -0.2) is 63.1 Å². The molecule has 7 atom stereocenters. The zero-order chi connectivity index (χ0) is 22.4. The molecule has 0 spiro atoms. The summed E-state index contributed by atoms with van der Waals surface area (Å²) in [7, 11) is 0. The molecule has 0 aromatic carbocycles. The Morgan fingerprint density at radius 2 is 2.00 bits per heavy atom. The second-order valence-electron chi connectivity index (χ2n) is 10.4. The van der Waals surface area contributed by atoms with Crippen LogP contribution < -0.4 is 5.32 Å². The van der Waals surface area contributed by atoms with Crippen molar-refractivity contribution in [2.45, 2.75) is 108 Å². The fourth-order valence-corrected chi connectivity index (χ4v) is 6.35. The number of hydrogen-bond acceptors (Lipinski definition) is 5. The highest BCUT2D eigenvalue weighted by Crippen LogP contribution is 2.45. The van der Waals surface area contributed by atoms with Crippen molar-refractivity contribution in [3.8, 4) is 0 Å². The van der Waals surface area contributed by atoms with Crippen molar-refractivity contribution < 1.29 is 20.1 Å². The molecule has 2 aliphatic heterocycles. The number of allylic oxidation sites excluding steroid dienone is 1. The van der Waals surface area contributed by atoms with E-state index < -0.39 is 11.6 Å². The molecule has 2 fully saturated rings. The highest BCUT2D eigenvalue weighted by atomic mass is 16.4. The number of nitrogens with zero attached hydrogens (tertiary/aromatic N) is 1. The summed E-state index contributed by atoms with van der Waals surface area (Å²) in [6.45, 7) is 5.20. The van der Waals surface area contributed by atoms with Crippen molar-refractivity contribution in [2.75, 3.05) is 13.1 Å². The topological polar surface area (TPSA) is 93.0 Å². The second kappa shape index (κ2) is 11.2. The molecule has 3 rings (SSSR count). The van der Waals surface area contributed by atoms with Gasteiger partial charge in [-0.1, -0.05) is 45.1 Å². The first-order valence-corrected chi connectivity index (χ1v) is 12.6. The molecule has 6 nitrogen and oxygen atoms in total. The largest absolute Gasteiger partial charge is 0.481 e. The lowest BCUT2D eigenvalue weighted by Gasteiger charge is -2.52. The van der Waals surface area contributed by atoms with Gasteiger partial charge in [0, 0.05) is 12.6 Å². The molecule has 2 heterocycles. The maximum absolute atomic E-state index is 11.1. The van der Waals surface area contributed by atoms with Crippen LogP contribution in [0.2, 0.25) is 0 Å². The molecule has 0 aromatic rings. The lowest BCUT2D eigenvalue weighted by Crippen LogP contribution is -2.55. The Labute approximate surface area is 188 Å². The lowest BCUT2D eigenvalue weighted by atomic mass is 9.66. The molecular weight excluding hydrogens is 392 g/mol. The highest BCUT2D eigenvalue weighted by molar-refractivity contribution is 5.68. The van der Waals surface area contributed by atoms with Gasteiger partial charge in [-0.05, 0) is 69.5 Å². The zero-order valence-electron chi connectivity index (χ0n) is 19.5. The van der Waals surface area contributed by atoms with E-state index in [1.807, 2.05) is 6.92 Å². The quantitative estimate of drug-likeness (QED) is 0.370. The number of aliphatic hydroxyl groups excluding tert-OH is 1. The molecule has 31 heavy (non-hydrogen) atoms. The third kappa shape index (κ3) is 6.45. The average Bonchev–Trinajstić information content (AvgIpc) is 2.73. The Balaban J connectivity index is 1.40. The van der Waals surface area contributed by atoms with Crippen LogP contribution in [0.25, 0.3) is 0 Å². The summed E-state index contributed by atoms with van der Waals surface area (Å²) in [5, 5.41) is 33.1. The molecule has 0 bridgehead atoms. The number of piperidine rings is 1. The number of carboxylic acid groups (broad SMARTS) is 1. The molecule has 1 saturated carbocycles. The van der Waals surface area contributed by atoms with Crippen molar-refractivity contribution in [2.24, 2.45) is 17.8 Å². The zero-order valence-corrected chi connectivity index (χ0v) is 19.5. The number of aliphatic carboxylic acids is 1. The van der Waals surface area contributed by atoms with Gasteiger partial charge in [-0.3, -0.25) is 4.79 Å². The summed E-state index contributed by atoms with van der Waals surface area (Å²) >= 11 is 0. The summed E-state index contributed by atoms with van der Waals surface area (Å²) in [5.41, 5.74) is -1.14. The summed E-state index contributed by atoms with van der Waals surface area (Å²) in [6.07, 6.45) is 15.1. The minimum Gasteiger partial charge on any atom is -0.481 e. The molecule has 1 aliphatic carbocycles. The van der Waals surface area contributed by atoms with Gasteiger partial charge in [-0.25, -0.2) is 0 Å². The van der Waals surface area contributed by atoms with Crippen LogP contribution in [0.5, 0.6) is 0 Å². The van der Waals surface area contributed by atoms with E-state index in [0.717, 1.165) is 50.5 Å². The van der Waals surface area contributed by atoms with Crippen molar-refractivity contribution in [3.63, 3.8) is 0 Å². The van der Waals surface area contributed by atoms with Crippen LogP contribution in [-0.2, 0) is 4.79 Å². The summed E-state index contributed by atoms with van der Waals surface area (Å²) in [5.74, 6) is 1.28. The number of likely N-dealkylation sites (N-methyl/N-ethyl adjacent to an activating group) is 1. The first kappa shape index (κ1) is 24.5. The number of carbonyl (C=O) groups is 1. The minimum absolute atomic E-state index is 0.189. The van der Waals surface area contributed by atoms with E-state index in [-0.39, 0.29) is 18.6 Å². The van der Waals surface area contributed by atoms with Gasteiger partial charge in [-0.2, -0.15) is 0 Å². The van der Waals surface area contributed by atoms with E-state index >= 15 is 0 Å². The lowest BCUT2D eigenvalue weighted by molar-refractivity contribution is -0.142. The van der Waals surface area contributed by atoms with Crippen molar-refractivity contribution in [1.29, 1.82) is 0 Å². The van der Waals surface area contributed by atoms with Gasteiger partial charge in [0.2, 0.25) is 0 Å². The molecule has 0 radical (unpaired) electrons. The van der Waals surface area contributed by atoms with E-state index in [9.17, 15) is 15.0 Å². The van der Waals surface area contributed by atoms with Crippen molar-refractivity contribution in [1.82, 2.24) is 10.2 Å². The van der Waals surface area contributed by atoms with Crippen LogP contribution in [0.3, 0.4) is 0 Å². The van der Waals surface area contributed by atoms with Crippen molar-refractivity contribution >= 4 is 5.97 Å². The molecule has 7 unspecified atom stereocenters. The smallest absolute Gasteiger partial charge is 0.306 e. The number of aliphatic hydroxyl groups is 2. The molecule has 3 aliphatic rings. The Bertz CT molecular complexity index is 612. The molecule has 178 valence electrons. The van der Waals surface area contributed by atoms with E-state index in [1.165, 1.54) is 25.7 Å². The van der Waals surface area contributed by atoms with Gasteiger partial charge < -0.3 is 25.5 Å². The molecule has 0 amide bonds. The van der Waals surface area contributed by atoms with Crippen LogP contribution in [0, 0.1) is 17.8 Å². The maximum atomic E-state index is 11.1. The van der Waals surface area contributed by atoms with E-state index in [4.69, 9.17) is 5.11 Å². The Hall–Kier alpha value is -1.11. The molecule has 6 heteroatoms. The predicted octanol–water partition coefficient (Wildman–Crippen LogP) is 3.53. The first-order valence-electron chi connectivity index (χ1n) is 12.6. The Morgan fingerprint density at radius 3 is 2.74 bits per heavy atom. The fraction of sp³-hybridized carbons (Fsp3) is 0.880. The average molecular weight is 437 g/mol. The van der Waals surface area contributed by atoms with Crippen LogP contribution in [0.4, 0.5) is 0 Å². The Kier molecular flexibility index (Phi) is 8.82. The Morgan fingerprint density at radius 1 is 1.19 bits per heavy atom. The minimum atomic E-state index is -1.14. The molecule has 1 saturated heterocycles. The fourth-order valence-electron chi connectivity index (χ4n) is 6.35. The number of nitrogens with one attached hydrogen (secondary N) is 1. The van der Waals surface area contributed by atoms with E-state index in [1.54, 1.807) is 0 Å². The molecular formula is C25H44N2O4. The first-order chi connectivity index (χ1) is 14.8. The van der Waals surface area contributed by atoms with Gasteiger partial charge in [0.15, 0.2) is 0 Å². The SMILES string of the molecule is CCNCC(O)(CCCCCC1CCC2C(C=CN3C(C)C(O)CCC23)C1)CC(=O)O. The van der Waals surface area contributed by atoms with Crippen LogP contribution in [0.1, 0.15) is 84.5 Å². The third-order valence-electron chi connectivity index (χ3n) is 8.17. The van der Waals surface area contributed by atoms with Gasteiger partial charge in [0.05, 0.1) is 24.2 Å². The van der Waals surface area contributed by atoms with Crippen LogP contribution in [0.15, 0.2) is 12.3 Å². The van der Waals surface area contributed by atoms with Gasteiger partial charge in [0.1, 0.15) is 0 Å². The number of hydrogen-bond donors (Lipinski definition) is 4. The second-order valence-corrected chi connectivity index (χ2v) is 10.4. The number of carboxylic acids is 1. The number of unbranched alkanes of at least 4 members (excludes halogenated alkanes) is 2. The summed E-state index contributed by atoms with van der Waals surface area (Å²) in [6, 6.07) is 0.846.